The lowest BCUT2D eigenvalue weighted by molar-refractivity contribution is -0.130. The van der Waals surface area contributed by atoms with Gasteiger partial charge in [-0.1, -0.05) is 31.2 Å². The highest BCUT2D eigenvalue weighted by molar-refractivity contribution is 7.92. The number of ether oxygens (including phenoxy) is 1. The van der Waals surface area contributed by atoms with E-state index in [0.717, 1.165) is 18.4 Å². The fraction of sp³-hybridized carbons (Fsp3) is 0.409. The van der Waals surface area contributed by atoms with Crippen molar-refractivity contribution in [1.82, 2.24) is 4.90 Å². The third kappa shape index (κ3) is 4.72. The molecule has 0 saturated carbocycles. The van der Waals surface area contributed by atoms with Crippen LogP contribution in [0.3, 0.4) is 0 Å². The maximum Gasteiger partial charge on any atom is 0.264 e. The lowest BCUT2D eigenvalue weighted by Gasteiger charge is -2.33. The zero-order valence-electron chi connectivity index (χ0n) is 17.2. The number of piperidine rings is 1. The van der Waals surface area contributed by atoms with Crippen LogP contribution < -0.4 is 9.04 Å². The Bertz CT molecular complexity index is 952. The Hall–Kier alpha value is -2.54. The Labute approximate surface area is 173 Å². The second kappa shape index (κ2) is 8.86. The van der Waals surface area contributed by atoms with Crippen LogP contribution >= 0.6 is 0 Å². The van der Waals surface area contributed by atoms with Crippen LogP contribution in [0.5, 0.6) is 5.75 Å². The number of hydrogen-bond acceptors (Lipinski definition) is 4. The highest BCUT2D eigenvalue weighted by atomic mass is 32.2. The molecular formula is C22H28N2O4S. The number of amides is 1. The molecule has 3 rings (SSSR count). The number of sulfonamides is 1. The first-order valence-corrected chi connectivity index (χ1v) is 11.3. The Morgan fingerprint density at radius 1 is 1.14 bits per heavy atom. The predicted octanol–water partition coefficient (Wildman–Crippen LogP) is 3.46. The third-order valence-corrected chi connectivity index (χ3v) is 7.12. The van der Waals surface area contributed by atoms with Crippen molar-refractivity contribution in [2.45, 2.75) is 31.6 Å². The van der Waals surface area contributed by atoms with Crippen molar-refractivity contribution < 1.29 is 17.9 Å². The molecule has 0 spiro atoms. The third-order valence-electron chi connectivity index (χ3n) is 5.35. The molecule has 0 atom stereocenters. The normalized spacial score (nSPS) is 15.2. The van der Waals surface area contributed by atoms with Gasteiger partial charge in [0.2, 0.25) is 5.91 Å². The number of methoxy groups -OCH3 is 1. The van der Waals surface area contributed by atoms with Crippen LogP contribution in [0.2, 0.25) is 0 Å². The number of rotatable bonds is 6. The number of benzene rings is 2. The highest BCUT2D eigenvalue weighted by Crippen LogP contribution is 2.33. The minimum atomic E-state index is -3.94. The summed E-state index contributed by atoms with van der Waals surface area (Å²) in [6, 6.07) is 13.5. The number of likely N-dealkylation sites (tertiary alicyclic amines) is 1. The van der Waals surface area contributed by atoms with Gasteiger partial charge in [-0.15, -0.1) is 0 Å². The van der Waals surface area contributed by atoms with Gasteiger partial charge < -0.3 is 9.64 Å². The zero-order valence-corrected chi connectivity index (χ0v) is 18.0. The fourth-order valence-electron chi connectivity index (χ4n) is 3.50. The van der Waals surface area contributed by atoms with Crippen LogP contribution in [0.4, 0.5) is 5.69 Å². The molecular weight excluding hydrogens is 388 g/mol. The van der Waals surface area contributed by atoms with E-state index in [2.05, 4.69) is 6.92 Å². The van der Waals surface area contributed by atoms with Gasteiger partial charge in [-0.25, -0.2) is 8.42 Å². The van der Waals surface area contributed by atoms with Gasteiger partial charge in [-0.3, -0.25) is 9.10 Å². The van der Waals surface area contributed by atoms with Crippen molar-refractivity contribution in [3.8, 4) is 5.75 Å². The van der Waals surface area contributed by atoms with E-state index in [0.29, 0.717) is 30.4 Å². The molecule has 2 aromatic carbocycles. The molecule has 1 amide bonds. The average molecular weight is 417 g/mol. The van der Waals surface area contributed by atoms with Gasteiger partial charge in [0.05, 0.1) is 17.7 Å². The second-order valence-corrected chi connectivity index (χ2v) is 9.43. The number of anilines is 1. The number of nitrogens with zero attached hydrogens (tertiary/aromatic N) is 2. The van der Waals surface area contributed by atoms with Gasteiger partial charge in [0.1, 0.15) is 12.3 Å². The van der Waals surface area contributed by atoms with Crippen LogP contribution in [-0.4, -0.2) is 46.0 Å². The maximum absolute atomic E-state index is 13.5. The van der Waals surface area contributed by atoms with E-state index in [-0.39, 0.29) is 17.3 Å². The molecule has 1 aliphatic rings. The maximum atomic E-state index is 13.5. The van der Waals surface area contributed by atoms with Crippen LogP contribution in [-0.2, 0) is 14.8 Å². The number of aryl methyl sites for hydroxylation is 1. The Morgan fingerprint density at radius 2 is 1.79 bits per heavy atom. The largest absolute Gasteiger partial charge is 0.495 e. The average Bonchev–Trinajstić information content (AvgIpc) is 2.73. The van der Waals surface area contributed by atoms with Crippen molar-refractivity contribution in [2.24, 2.45) is 5.92 Å². The molecule has 0 aromatic heterocycles. The molecule has 0 radical (unpaired) electrons. The summed E-state index contributed by atoms with van der Waals surface area (Å²) >= 11 is 0. The molecule has 1 saturated heterocycles. The molecule has 156 valence electrons. The van der Waals surface area contributed by atoms with E-state index < -0.39 is 10.0 Å². The molecule has 1 heterocycles. The molecule has 1 aliphatic heterocycles. The van der Waals surface area contributed by atoms with Gasteiger partial charge in [-0.05, 0) is 55.5 Å². The first kappa shape index (κ1) is 21.2. The van der Waals surface area contributed by atoms with Crippen LogP contribution in [0.15, 0.2) is 53.4 Å². The van der Waals surface area contributed by atoms with Gasteiger partial charge in [0.15, 0.2) is 0 Å². The van der Waals surface area contributed by atoms with Gasteiger partial charge in [0.25, 0.3) is 10.0 Å². The molecule has 0 aliphatic carbocycles. The summed E-state index contributed by atoms with van der Waals surface area (Å²) in [6.07, 6.45) is 1.87. The van der Waals surface area contributed by atoms with Gasteiger partial charge >= 0.3 is 0 Å². The van der Waals surface area contributed by atoms with Crippen LogP contribution in [0.25, 0.3) is 0 Å². The number of hydrogen-bond donors (Lipinski definition) is 0. The van der Waals surface area contributed by atoms with Gasteiger partial charge in [0, 0.05) is 13.1 Å². The van der Waals surface area contributed by atoms with Crippen LogP contribution in [0.1, 0.15) is 25.3 Å². The lowest BCUT2D eigenvalue weighted by Crippen LogP contribution is -2.45. The smallest absolute Gasteiger partial charge is 0.264 e. The minimum absolute atomic E-state index is 0.142. The topological polar surface area (TPSA) is 66.9 Å². The van der Waals surface area contributed by atoms with Crippen LogP contribution in [0, 0.1) is 12.8 Å². The van der Waals surface area contributed by atoms with E-state index in [1.807, 2.05) is 13.0 Å². The first-order valence-electron chi connectivity index (χ1n) is 9.83. The summed E-state index contributed by atoms with van der Waals surface area (Å²) < 4.78 is 33.6. The molecule has 6 nitrogen and oxygen atoms in total. The van der Waals surface area contributed by atoms with E-state index in [9.17, 15) is 13.2 Å². The Kier molecular flexibility index (Phi) is 6.47. The molecule has 0 N–H and O–H groups in total. The molecule has 2 aromatic rings. The first-order chi connectivity index (χ1) is 13.8. The zero-order chi connectivity index (χ0) is 21.0. The molecule has 29 heavy (non-hydrogen) atoms. The van der Waals surface area contributed by atoms with Crippen molar-refractivity contribution in [1.29, 1.82) is 0 Å². The van der Waals surface area contributed by atoms with Crippen molar-refractivity contribution in [3.63, 3.8) is 0 Å². The summed E-state index contributed by atoms with van der Waals surface area (Å²) in [5.74, 6) is 0.801. The summed E-state index contributed by atoms with van der Waals surface area (Å²) in [7, 11) is -2.45. The van der Waals surface area contributed by atoms with E-state index in [1.54, 1.807) is 35.2 Å². The SMILES string of the molecule is COc1ccc(C)cc1N(CC(=O)N1CCC(C)CC1)S(=O)(=O)c1ccccc1. The predicted molar refractivity (Wildman–Crippen MR) is 114 cm³/mol. The molecule has 0 unspecified atom stereocenters. The molecule has 0 bridgehead atoms. The van der Waals surface area contributed by atoms with Crippen molar-refractivity contribution >= 4 is 21.6 Å². The Balaban J connectivity index is 2.01. The monoisotopic (exact) mass is 416 g/mol. The summed E-state index contributed by atoms with van der Waals surface area (Å²) in [4.78, 5) is 14.9. The number of carbonyl (C=O) groups is 1. The second-order valence-electron chi connectivity index (χ2n) is 7.56. The van der Waals surface area contributed by atoms with E-state index in [4.69, 9.17) is 4.74 Å². The molecule has 7 heteroatoms. The van der Waals surface area contributed by atoms with Crippen molar-refractivity contribution in [2.75, 3.05) is 31.0 Å². The van der Waals surface area contributed by atoms with E-state index in [1.165, 1.54) is 23.5 Å². The fourth-order valence-corrected chi connectivity index (χ4v) is 4.93. The molecule has 1 fully saturated rings. The summed E-state index contributed by atoms with van der Waals surface area (Å²) in [6.45, 7) is 5.11. The van der Waals surface area contributed by atoms with E-state index >= 15 is 0 Å². The standard InChI is InChI=1S/C22H28N2O4S/c1-17-11-13-23(14-12-17)22(25)16-24(20-15-18(2)9-10-21(20)28-3)29(26,27)19-7-5-4-6-8-19/h4-10,15,17H,11-14,16H2,1-3H3. The Morgan fingerprint density at radius 3 is 2.41 bits per heavy atom. The summed E-state index contributed by atoms with van der Waals surface area (Å²) in [5.41, 5.74) is 1.25. The number of carbonyl (C=O) groups excluding carboxylic acids is 1. The summed E-state index contributed by atoms with van der Waals surface area (Å²) in [5, 5.41) is 0. The quantitative estimate of drug-likeness (QED) is 0.723. The highest BCUT2D eigenvalue weighted by Gasteiger charge is 2.31. The lowest BCUT2D eigenvalue weighted by atomic mass is 9.99. The van der Waals surface area contributed by atoms with Crippen molar-refractivity contribution in [3.05, 3.63) is 54.1 Å². The minimum Gasteiger partial charge on any atom is -0.495 e. The van der Waals surface area contributed by atoms with Gasteiger partial charge in [-0.2, -0.15) is 0 Å².